The van der Waals surface area contributed by atoms with Crippen LogP contribution in [-0.2, 0) is 11.2 Å². The fraction of sp³-hybridized carbons (Fsp3) is 0.292. The number of ether oxygens (including phenoxy) is 1. The number of halogens is 1. The number of aromatic nitrogens is 1. The van der Waals surface area contributed by atoms with Gasteiger partial charge in [-0.05, 0) is 36.4 Å². The van der Waals surface area contributed by atoms with Crippen LogP contribution in [0.15, 0.2) is 58.3 Å². The zero-order valence-corrected chi connectivity index (χ0v) is 19.8. The second kappa shape index (κ2) is 10.8. The van der Waals surface area contributed by atoms with Gasteiger partial charge in [-0.15, -0.1) is 11.3 Å². The molecule has 0 aliphatic carbocycles. The molecule has 0 N–H and O–H groups in total. The number of methoxy groups -OCH3 is 1. The van der Waals surface area contributed by atoms with Gasteiger partial charge < -0.3 is 14.5 Å². The number of ketones is 1. The molecule has 172 valence electrons. The Hall–Kier alpha value is -2.91. The fourth-order valence-corrected chi connectivity index (χ4v) is 5.38. The summed E-state index contributed by atoms with van der Waals surface area (Å²) >= 11 is 2.76. The van der Waals surface area contributed by atoms with Crippen molar-refractivity contribution in [2.45, 2.75) is 10.8 Å². The number of benzene rings is 2. The summed E-state index contributed by atoms with van der Waals surface area (Å²) in [4.78, 5) is 33.6. The Labute approximate surface area is 200 Å². The highest BCUT2D eigenvalue weighted by Crippen LogP contribution is 2.28. The van der Waals surface area contributed by atoms with E-state index in [1.165, 1.54) is 47.4 Å². The van der Waals surface area contributed by atoms with Crippen LogP contribution in [0.4, 0.5) is 10.1 Å². The van der Waals surface area contributed by atoms with Crippen LogP contribution in [-0.4, -0.2) is 60.6 Å². The van der Waals surface area contributed by atoms with Gasteiger partial charge in [0.15, 0.2) is 10.1 Å². The molecule has 0 spiro atoms. The van der Waals surface area contributed by atoms with E-state index < -0.39 is 0 Å². The van der Waals surface area contributed by atoms with E-state index in [2.05, 4.69) is 9.88 Å². The molecule has 0 atom stereocenters. The van der Waals surface area contributed by atoms with E-state index in [0.29, 0.717) is 24.3 Å². The normalized spacial score (nSPS) is 13.8. The highest BCUT2D eigenvalue weighted by Gasteiger charge is 2.23. The minimum Gasteiger partial charge on any atom is -0.495 e. The minimum absolute atomic E-state index is 0.0546. The third-order valence-electron chi connectivity index (χ3n) is 5.41. The van der Waals surface area contributed by atoms with Gasteiger partial charge in [0.25, 0.3) is 0 Å². The highest BCUT2D eigenvalue weighted by atomic mass is 32.2. The lowest BCUT2D eigenvalue weighted by Crippen LogP contribution is -2.49. The van der Waals surface area contributed by atoms with Crippen molar-refractivity contribution >= 4 is 40.5 Å². The number of anilines is 1. The van der Waals surface area contributed by atoms with E-state index in [1.54, 1.807) is 7.11 Å². The molecule has 0 bridgehead atoms. The summed E-state index contributed by atoms with van der Waals surface area (Å²) in [6, 6.07) is 13.4. The molecule has 0 saturated carbocycles. The Morgan fingerprint density at radius 2 is 1.82 bits per heavy atom. The summed E-state index contributed by atoms with van der Waals surface area (Å²) in [5.41, 5.74) is 2.24. The van der Waals surface area contributed by atoms with Crippen LogP contribution in [0.25, 0.3) is 0 Å². The Kier molecular flexibility index (Phi) is 7.61. The zero-order valence-electron chi connectivity index (χ0n) is 18.2. The van der Waals surface area contributed by atoms with Gasteiger partial charge in [0.05, 0.1) is 30.7 Å². The molecule has 0 radical (unpaired) electrons. The zero-order chi connectivity index (χ0) is 23.2. The molecule has 2 heterocycles. The second-order valence-corrected chi connectivity index (χ2v) is 9.62. The van der Waals surface area contributed by atoms with E-state index in [1.807, 2.05) is 34.5 Å². The van der Waals surface area contributed by atoms with E-state index in [9.17, 15) is 14.0 Å². The predicted octanol–water partition coefficient (Wildman–Crippen LogP) is 4.16. The van der Waals surface area contributed by atoms with Gasteiger partial charge in [0.2, 0.25) is 5.91 Å². The van der Waals surface area contributed by atoms with Crippen LogP contribution >= 0.6 is 23.1 Å². The van der Waals surface area contributed by atoms with Gasteiger partial charge in [-0.3, -0.25) is 9.59 Å². The van der Waals surface area contributed by atoms with Crippen LogP contribution in [0.2, 0.25) is 0 Å². The molecule has 6 nitrogen and oxygen atoms in total. The maximum Gasteiger partial charge on any atom is 0.228 e. The third-order valence-corrected chi connectivity index (χ3v) is 7.48. The molecule has 1 amide bonds. The Bertz CT molecular complexity index is 1110. The number of Topliss-reactive ketones (excluding diaryl/α,β-unsaturated/α-hetero) is 1. The number of amides is 1. The number of carbonyl (C=O) groups excluding carboxylic acids is 2. The fourth-order valence-electron chi connectivity index (χ4n) is 3.64. The van der Waals surface area contributed by atoms with Crippen LogP contribution in [0.3, 0.4) is 0 Å². The average molecular weight is 486 g/mol. The SMILES string of the molecule is COc1ccccc1N1CCN(C(=O)Cc2csc(SCC(=O)c3ccc(F)cc3)n2)CC1. The maximum absolute atomic E-state index is 13.0. The van der Waals surface area contributed by atoms with Crippen molar-refractivity contribution in [3.8, 4) is 5.75 Å². The van der Waals surface area contributed by atoms with Gasteiger partial charge in [-0.25, -0.2) is 9.37 Å². The smallest absolute Gasteiger partial charge is 0.228 e. The molecular weight excluding hydrogens is 461 g/mol. The summed E-state index contributed by atoms with van der Waals surface area (Å²) in [6.07, 6.45) is 0.248. The lowest BCUT2D eigenvalue weighted by atomic mass is 10.1. The molecule has 33 heavy (non-hydrogen) atoms. The molecule has 9 heteroatoms. The molecule has 1 aromatic heterocycles. The number of hydrogen-bond acceptors (Lipinski definition) is 7. The summed E-state index contributed by atoms with van der Waals surface area (Å²) in [7, 11) is 1.66. The quantitative estimate of drug-likeness (QED) is 0.353. The van der Waals surface area contributed by atoms with Crippen molar-refractivity contribution in [2.24, 2.45) is 0 Å². The first-order valence-electron chi connectivity index (χ1n) is 10.5. The highest BCUT2D eigenvalue weighted by molar-refractivity contribution is 8.01. The van der Waals surface area contributed by atoms with Crippen LogP contribution in [0, 0.1) is 5.82 Å². The average Bonchev–Trinajstić information content (AvgIpc) is 3.30. The Morgan fingerprint density at radius 3 is 2.55 bits per heavy atom. The second-order valence-electron chi connectivity index (χ2n) is 7.54. The third kappa shape index (κ3) is 5.91. The lowest BCUT2D eigenvalue weighted by molar-refractivity contribution is -0.130. The van der Waals surface area contributed by atoms with Crippen molar-refractivity contribution in [3.63, 3.8) is 0 Å². The number of para-hydroxylation sites is 2. The van der Waals surface area contributed by atoms with Gasteiger partial charge in [-0.1, -0.05) is 23.9 Å². The Morgan fingerprint density at radius 1 is 1.09 bits per heavy atom. The molecular formula is C24H24FN3O3S2. The largest absolute Gasteiger partial charge is 0.495 e. The molecule has 3 aromatic rings. The monoisotopic (exact) mass is 485 g/mol. The predicted molar refractivity (Wildman–Crippen MR) is 129 cm³/mol. The topological polar surface area (TPSA) is 62.7 Å². The summed E-state index contributed by atoms with van der Waals surface area (Å²) < 4.78 is 19.2. The number of nitrogens with zero attached hydrogens (tertiary/aromatic N) is 3. The van der Waals surface area contributed by atoms with E-state index in [0.717, 1.165) is 28.9 Å². The number of thioether (sulfide) groups is 1. The van der Waals surface area contributed by atoms with Crippen LogP contribution < -0.4 is 9.64 Å². The first kappa shape index (κ1) is 23.3. The minimum atomic E-state index is -0.366. The van der Waals surface area contributed by atoms with Gasteiger partial charge >= 0.3 is 0 Å². The van der Waals surface area contributed by atoms with Crippen molar-refractivity contribution in [3.05, 3.63) is 71.0 Å². The lowest BCUT2D eigenvalue weighted by Gasteiger charge is -2.36. The van der Waals surface area contributed by atoms with Crippen molar-refractivity contribution < 1.29 is 18.7 Å². The standard InChI is InChI=1S/C24H24FN3O3S2/c1-31-22-5-3-2-4-20(22)27-10-12-28(13-11-27)23(30)14-19-15-32-24(26-19)33-16-21(29)17-6-8-18(25)9-7-17/h2-9,15H,10-14,16H2,1H3. The number of piperazine rings is 1. The number of carbonyl (C=O) groups is 2. The van der Waals surface area contributed by atoms with E-state index >= 15 is 0 Å². The molecule has 2 aromatic carbocycles. The first-order valence-corrected chi connectivity index (χ1v) is 12.4. The first-order chi connectivity index (χ1) is 16.0. The van der Waals surface area contributed by atoms with E-state index in [-0.39, 0.29) is 29.7 Å². The molecule has 1 aliphatic rings. The molecule has 0 unspecified atom stereocenters. The molecule has 1 aliphatic heterocycles. The number of hydrogen-bond donors (Lipinski definition) is 0. The number of thiazole rings is 1. The summed E-state index contributed by atoms with van der Waals surface area (Å²) in [5, 5.41) is 1.87. The molecule has 1 fully saturated rings. The van der Waals surface area contributed by atoms with Crippen molar-refractivity contribution in [1.29, 1.82) is 0 Å². The summed E-state index contributed by atoms with van der Waals surface area (Å²) in [5.74, 6) is 0.661. The van der Waals surface area contributed by atoms with Crippen molar-refractivity contribution in [1.82, 2.24) is 9.88 Å². The summed E-state index contributed by atoms with van der Waals surface area (Å²) in [6.45, 7) is 2.79. The number of rotatable bonds is 8. The maximum atomic E-state index is 13.0. The molecule has 1 saturated heterocycles. The van der Waals surface area contributed by atoms with Gasteiger partial charge in [0.1, 0.15) is 11.6 Å². The van der Waals surface area contributed by atoms with Crippen LogP contribution in [0.1, 0.15) is 16.1 Å². The molecule has 4 rings (SSSR count). The van der Waals surface area contributed by atoms with Gasteiger partial charge in [-0.2, -0.15) is 0 Å². The van der Waals surface area contributed by atoms with Gasteiger partial charge in [0, 0.05) is 37.1 Å². The van der Waals surface area contributed by atoms with Crippen LogP contribution in [0.5, 0.6) is 5.75 Å². The Balaban J connectivity index is 1.26. The van der Waals surface area contributed by atoms with E-state index in [4.69, 9.17) is 4.74 Å². The van der Waals surface area contributed by atoms with Crippen molar-refractivity contribution in [2.75, 3.05) is 43.9 Å².